The van der Waals surface area contributed by atoms with Crippen LogP contribution in [0.15, 0.2) is 48.8 Å². The van der Waals surface area contributed by atoms with E-state index in [1.807, 2.05) is 31.2 Å². The molecule has 1 saturated heterocycles. The van der Waals surface area contributed by atoms with Crippen molar-refractivity contribution in [1.29, 1.82) is 0 Å². The number of anilines is 1. The second-order valence-electron chi connectivity index (χ2n) is 7.26. The van der Waals surface area contributed by atoms with Crippen LogP contribution in [0.4, 0.5) is 10.1 Å². The molecule has 1 N–H and O–H groups in total. The maximum absolute atomic E-state index is 14.2. The normalized spacial score (nSPS) is 15.0. The van der Waals surface area contributed by atoms with Crippen LogP contribution in [0.3, 0.4) is 0 Å². The van der Waals surface area contributed by atoms with Gasteiger partial charge in [-0.25, -0.2) is 9.37 Å². The van der Waals surface area contributed by atoms with E-state index in [1.54, 1.807) is 18.5 Å². The highest BCUT2D eigenvalue weighted by Crippen LogP contribution is 2.31. The SMILES string of the molecule is Cc1cc(N2CCC(C(=O)NCc3cccnc3)CC2)c2cccc(F)c2n1. The van der Waals surface area contributed by atoms with E-state index in [0.29, 0.717) is 12.1 Å². The molecule has 3 heterocycles. The average Bonchev–Trinajstić information content (AvgIpc) is 2.73. The number of hydrogen-bond acceptors (Lipinski definition) is 4. The minimum atomic E-state index is -0.299. The van der Waals surface area contributed by atoms with Crippen LogP contribution in [-0.4, -0.2) is 29.0 Å². The van der Waals surface area contributed by atoms with Gasteiger partial charge in [0.25, 0.3) is 0 Å². The van der Waals surface area contributed by atoms with Crippen molar-refractivity contribution >= 4 is 22.5 Å². The Morgan fingerprint density at radius 3 is 2.82 bits per heavy atom. The predicted octanol–water partition coefficient (Wildman–Crippen LogP) is 3.61. The van der Waals surface area contributed by atoms with Gasteiger partial charge in [0.05, 0.1) is 0 Å². The molecule has 5 nitrogen and oxygen atoms in total. The first-order chi connectivity index (χ1) is 13.6. The fourth-order valence-corrected chi connectivity index (χ4v) is 3.80. The predicted molar refractivity (Wildman–Crippen MR) is 107 cm³/mol. The molecule has 1 amide bonds. The van der Waals surface area contributed by atoms with Crippen molar-refractivity contribution in [1.82, 2.24) is 15.3 Å². The van der Waals surface area contributed by atoms with Gasteiger partial charge in [0.2, 0.25) is 5.91 Å². The summed E-state index contributed by atoms with van der Waals surface area (Å²) >= 11 is 0. The number of piperidine rings is 1. The standard InChI is InChI=1S/C22H23FN4O/c1-15-12-20(18-5-2-6-19(23)21(18)26-15)27-10-7-17(8-11-27)22(28)25-14-16-4-3-9-24-13-16/h2-6,9,12-13,17H,7-8,10-11,14H2,1H3,(H,25,28). The van der Waals surface area contributed by atoms with Crippen molar-refractivity contribution in [2.45, 2.75) is 26.3 Å². The maximum Gasteiger partial charge on any atom is 0.223 e. The lowest BCUT2D eigenvalue weighted by atomic mass is 9.95. The highest BCUT2D eigenvalue weighted by atomic mass is 19.1. The van der Waals surface area contributed by atoms with Crippen molar-refractivity contribution in [3.05, 3.63) is 65.9 Å². The Morgan fingerprint density at radius 2 is 2.07 bits per heavy atom. The highest BCUT2D eigenvalue weighted by molar-refractivity contribution is 5.92. The maximum atomic E-state index is 14.2. The summed E-state index contributed by atoms with van der Waals surface area (Å²) in [6.07, 6.45) is 5.03. The molecule has 6 heteroatoms. The number of carbonyl (C=O) groups is 1. The van der Waals surface area contributed by atoms with Gasteiger partial charge in [-0.15, -0.1) is 0 Å². The Kier molecular flexibility index (Phi) is 5.19. The van der Waals surface area contributed by atoms with E-state index in [0.717, 1.165) is 48.3 Å². The number of nitrogens with zero attached hydrogens (tertiary/aromatic N) is 3. The van der Waals surface area contributed by atoms with Gasteiger partial charge < -0.3 is 10.2 Å². The number of nitrogens with one attached hydrogen (secondary N) is 1. The van der Waals surface area contributed by atoms with Gasteiger partial charge in [-0.2, -0.15) is 0 Å². The number of halogens is 1. The molecular weight excluding hydrogens is 355 g/mol. The number of pyridine rings is 2. The average molecular weight is 378 g/mol. The zero-order valence-corrected chi connectivity index (χ0v) is 15.9. The van der Waals surface area contributed by atoms with Gasteiger partial charge in [-0.1, -0.05) is 18.2 Å². The fraction of sp³-hybridized carbons (Fsp3) is 0.318. The van der Waals surface area contributed by atoms with Gasteiger partial charge >= 0.3 is 0 Å². The number of hydrogen-bond donors (Lipinski definition) is 1. The van der Waals surface area contributed by atoms with Crippen molar-refractivity contribution < 1.29 is 9.18 Å². The second-order valence-corrected chi connectivity index (χ2v) is 7.26. The molecule has 28 heavy (non-hydrogen) atoms. The van der Waals surface area contributed by atoms with Crippen molar-refractivity contribution in [2.24, 2.45) is 5.92 Å². The summed E-state index contributed by atoms with van der Waals surface area (Å²) in [5.74, 6) is -0.212. The Balaban J connectivity index is 1.42. The number of benzene rings is 1. The summed E-state index contributed by atoms with van der Waals surface area (Å²) in [5, 5.41) is 3.84. The van der Waals surface area contributed by atoms with Crippen molar-refractivity contribution in [3.63, 3.8) is 0 Å². The summed E-state index contributed by atoms with van der Waals surface area (Å²) in [7, 11) is 0. The van der Waals surface area contributed by atoms with Gasteiger partial charge in [-0.05, 0) is 43.5 Å². The first kappa shape index (κ1) is 18.3. The molecule has 0 saturated carbocycles. The minimum Gasteiger partial charge on any atom is -0.371 e. The molecular formula is C22H23FN4O. The van der Waals surface area contributed by atoms with E-state index in [9.17, 15) is 9.18 Å². The summed E-state index contributed by atoms with van der Waals surface area (Å²) in [6.45, 7) is 3.91. The smallest absolute Gasteiger partial charge is 0.223 e. The van der Waals surface area contributed by atoms with Crippen LogP contribution >= 0.6 is 0 Å². The number of rotatable bonds is 4. The van der Waals surface area contributed by atoms with Crippen LogP contribution in [-0.2, 0) is 11.3 Å². The highest BCUT2D eigenvalue weighted by Gasteiger charge is 2.26. The summed E-state index contributed by atoms with van der Waals surface area (Å²) in [4.78, 5) is 23.2. The summed E-state index contributed by atoms with van der Waals surface area (Å²) < 4.78 is 14.2. The summed E-state index contributed by atoms with van der Waals surface area (Å²) in [5.41, 5.74) is 3.20. The molecule has 1 aromatic carbocycles. The van der Waals surface area contributed by atoms with Crippen LogP contribution in [0.5, 0.6) is 0 Å². The lowest BCUT2D eigenvalue weighted by Gasteiger charge is -2.33. The Hall–Kier alpha value is -3.02. The van der Waals surface area contributed by atoms with E-state index in [2.05, 4.69) is 20.2 Å². The van der Waals surface area contributed by atoms with E-state index in [-0.39, 0.29) is 17.6 Å². The Bertz CT molecular complexity index is 984. The lowest BCUT2D eigenvalue weighted by Crippen LogP contribution is -2.40. The van der Waals surface area contributed by atoms with Crippen LogP contribution in [0.25, 0.3) is 10.9 Å². The van der Waals surface area contributed by atoms with E-state index in [1.165, 1.54) is 6.07 Å². The molecule has 3 aromatic rings. The monoisotopic (exact) mass is 378 g/mol. The molecule has 1 aliphatic rings. The number of para-hydroxylation sites is 1. The third-order valence-corrected chi connectivity index (χ3v) is 5.29. The Labute approximate surface area is 163 Å². The number of aromatic nitrogens is 2. The first-order valence-corrected chi connectivity index (χ1v) is 9.59. The number of aryl methyl sites for hydroxylation is 1. The third-order valence-electron chi connectivity index (χ3n) is 5.29. The van der Waals surface area contributed by atoms with Crippen LogP contribution < -0.4 is 10.2 Å². The molecule has 1 fully saturated rings. The number of carbonyl (C=O) groups excluding carboxylic acids is 1. The number of amides is 1. The lowest BCUT2D eigenvalue weighted by molar-refractivity contribution is -0.125. The fourth-order valence-electron chi connectivity index (χ4n) is 3.80. The first-order valence-electron chi connectivity index (χ1n) is 9.59. The molecule has 144 valence electrons. The summed E-state index contributed by atoms with van der Waals surface area (Å²) in [6, 6.07) is 10.9. The second kappa shape index (κ2) is 7.92. The molecule has 0 atom stereocenters. The van der Waals surface area contributed by atoms with E-state index >= 15 is 0 Å². The van der Waals surface area contributed by atoms with Crippen molar-refractivity contribution in [2.75, 3.05) is 18.0 Å². The van der Waals surface area contributed by atoms with Crippen molar-refractivity contribution in [3.8, 4) is 0 Å². The van der Waals surface area contributed by atoms with Gasteiger partial charge in [-0.3, -0.25) is 9.78 Å². The van der Waals surface area contributed by atoms with Gasteiger partial charge in [0.15, 0.2) is 0 Å². The largest absolute Gasteiger partial charge is 0.371 e. The van der Waals surface area contributed by atoms with E-state index < -0.39 is 0 Å². The molecule has 0 spiro atoms. The molecule has 1 aliphatic heterocycles. The van der Waals surface area contributed by atoms with Crippen LogP contribution in [0.2, 0.25) is 0 Å². The van der Waals surface area contributed by atoms with Crippen LogP contribution in [0, 0.1) is 18.7 Å². The molecule has 0 bridgehead atoms. The zero-order chi connectivity index (χ0) is 19.5. The quantitative estimate of drug-likeness (QED) is 0.754. The minimum absolute atomic E-state index is 0.00106. The van der Waals surface area contributed by atoms with E-state index in [4.69, 9.17) is 0 Å². The topological polar surface area (TPSA) is 58.1 Å². The Morgan fingerprint density at radius 1 is 1.25 bits per heavy atom. The third kappa shape index (κ3) is 3.81. The van der Waals surface area contributed by atoms with Gasteiger partial charge in [0, 0.05) is 54.7 Å². The molecule has 4 rings (SSSR count). The number of fused-ring (bicyclic) bond motifs is 1. The zero-order valence-electron chi connectivity index (χ0n) is 15.9. The van der Waals surface area contributed by atoms with Crippen LogP contribution in [0.1, 0.15) is 24.1 Å². The van der Waals surface area contributed by atoms with Gasteiger partial charge in [0.1, 0.15) is 11.3 Å². The molecule has 0 radical (unpaired) electrons. The molecule has 0 aliphatic carbocycles. The molecule has 2 aromatic heterocycles. The molecule has 0 unspecified atom stereocenters.